The van der Waals surface area contributed by atoms with Crippen LogP contribution in [-0.2, 0) is 22.5 Å². The average molecular weight is 470 g/mol. The molecule has 34 heavy (non-hydrogen) atoms. The fraction of sp³-hybridized carbons (Fsp3) is 0.583. The van der Waals surface area contributed by atoms with Crippen molar-refractivity contribution < 1.29 is 9.53 Å². The van der Waals surface area contributed by atoms with Crippen molar-refractivity contribution in [2.45, 2.75) is 33.2 Å². The maximum absolute atomic E-state index is 12.6. The Kier molecular flexibility index (Phi) is 8.12. The van der Waals surface area contributed by atoms with Gasteiger partial charge in [0.1, 0.15) is 5.82 Å². The first-order chi connectivity index (χ1) is 16.5. The Labute approximate surface area is 200 Å². The molecule has 184 valence electrons. The van der Waals surface area contributed by atoms with Gasteiger partial charge in [-0.2, -0.15) is 0 Å². The van der Waals surface area contributed by atoms with Crippen LogP contribution in [0.3, 0.4) is 0 Å². The maximum atomic E-state index is 12.6. The van der Waals surface area contributed by atoms with Gasteiger partial charge in [0.25, 0.3) is 5.56 Å². The standard InChI is InChI=1S/C24H35N7O3/c1-3-29-8-10-30(11-9-29)21-6-4-19(16-25-21)17-26-22(32)7-5-20-18(2)27-24(28-23(20)33)31-12-14-34-15-13-31/h4,6,16H,3,5,7-15,17H2,1-2H3,(H,26,32)(H,27,28,33). The van der Waals surface area contributed by atoms with Crippen molar-refractivity contribution in [3.8, 4) is 0 Å². The second kappa shape index (κ2) is 11.4. The van der Waals surface area contributed by atoms with Crippen molar-refractivity contribution in [1.82, 2.24) is 25.2 Å². The van der Waals surface area contributed by atoms with Crippen molar-refractivity contribution in [1.29, 1.82) is 0 Å². The van der Waals surface area contributed by atoms with Crippen LogP contribution in [0.25, 0.3) is 0 Å². The molecule has 0 saturated carbocycles. The highest BCUT2D eigenvalue weighted by Crippen LogP contribution is 2.14. The van der Waals surface area contributed by atoms with E-state index in [2.05, 4.69) is 37.0 Å². The summed E-state index contributed by atoms with van der Waals surface area (Å²) in [4.78, 5) is 43.7. The van der Waals surface area contributed by atoms with E-state index in [-0.39, 0.29) is 17.9 Å². The molecule has 10 heteroatoms. The summed E-state index contributed by atoms with van der Waals surface area (Å²) in [6.07, 6.45) is 2.41. The second-order valence-corrected chi connectivity index (χ2v) is 8.78. The summed E-state index contributed by atoms with van der Waals surface area (Å²) in [5.74, 6) is 1.45. The Hall–Kier alpha value is -2.98. The number of ether oxygens (including phenoxy) is 1. The number of nitrogens with zero attached hydrogens (tertiary/aromatic N) is 5. The number of aromatic amines is 1. The molecule has 2 saturated heterocycles. The number of piperazine rings is 1. The zero-order chi connectivity index (χ0) is 23.9. The van der Waals surface area contributed by atoms with E-state index in [0.717, 1.165) is 44.1 Å². The molecule has 0 unspecified atom stereocenters. The van der Waals surface area contributed by atoms with E-state index in [1.54, 1.807) is 0 Å². The van der Waals surface area contributed by atoms with Crippen molar-refractivity contribution in [2.24, 2.45) is 0 Å². The number of hydrogen-bond acceptors (Lipinski definition) is 8. The Morgan fingerprint density at radius 1 is 1.12 bits per heavy atom. The smallest absolute Gasteiger partial charge is 0.255 e. The summed E-state index contributed by atoms with van der Waals surface area (Å²) in [5, 5.41) is 2.93. The second-order valence-electron chi connectivity index (χ2n) is 8.78. The SMILES string of the molecule is CCN1CCN(c2ccc(CNC(=O)CCc3c(C)nc(N4CCOCC4)[nH]c3=O)cn2)CC1. The number of carbonyl (C=O) groups excluding carboxylic acids is 1. The Balaban J connectivity index is 1.25. The summed E-state index contributed by atoms with van der Waals surface area (Å²) in [6, 6.07) is 4.03. The number of aromatic nitrogens is 3. The molecule has 0 radical (unpaired) electrons. The maximum Gasteiger partial charge on any atom is 0.255 e. The minimum absolute atomic E-state index is 0.101. The van der Waals surface area contributed by atoms with Gasteiger partial charge in [-0.25, -0.2) is 9.97 Å². The number of nitrogens with one attached hydrogen (secondary N) is 2. The number of aryl methyl sites for hydroxylation is 1. The molecule has 0 spiro atoms. The van der Waals surface area contributed by atoms with E-state index < -0.39 is 0 Å². The van der Waals surface area contributed by atoms with Crippen molar-refractivity contribution in [3.05, 3.63) is 45.5 Å². The molecule has 0 aromatic carbocycles. The Morgan fingerprint density at radius 2 is 1.88 bits per heavy atom. The predicted octanol–water partition coefficient (Wildman–Crippen LogP) is 0.701. The lowest BCUT2D eigenvalue weighted by Crippen LogP contribution is -2.46. The summed E-state index contributed by atoms with van der Waals surface area (Å²) in [5.41, 5.74) is 2.00. The van der Waals surface area contributed by atoms with Gasteiger partial charge in [0.15, 0.2) is 0 Å². The van der Waals surface area contributed by atoms with E-state index >= 15 is 0 Å². The minimum atomic E-state index is -0.179. The van der Waals surface area contributed by atoms with Gasteiger partial charge in [-0.05, 0) is 31.5 Å². The number of anilines is 2. The highest BCUT2D eigenvalue weighted by atomic mass is 16.5. The van der Waals surface area contributed by atoms with Crippen molar-refractivity contribution >= 4 is 17.7 Å². The summed E-state index contributed by atoms with van der Waals surface area (Å²) < 4.78 is 5.35. The molecule has 2 fully saturated rings. The van der Waals surface area contributed by atoms with Crippen LogP contribution in [0.5, 0.6) is 0 Å². The number of amides is 1. The van der Waals surface area contributed by atoms with E-state index in [0.29, 0.717) is 56.5 Å². The van der Waals surface area contributed by atoms with Gasteiger partial charge in [0, 0.05) is 69.7 Å². The van der Waals surface area contributed by atoms with Crippen molar-refractivity contribution in [3.63, 3.8) is 0 Å². The average Bonchev–Trinajstić information content (AvgIpc) is 2.88. The summed E-state index contributed by atoms with van der Waals surface area (Å²) in [6.45, 7) is 12.3. The molecule has 2 aliphatic rings. The van der Waals surface area contributed by atoms with Gasteiger partial charge in [-0.15, -0.1) is 0 Å². The lowest BCUT2D eigenvalue weighted by atomic mass is 10.1. The first-order valence-corrected chi connectivity index (χ1v) is 12.1. The summed E-state index contributed by atoms with van der Waals surface area (Å²) in [7, 11) is 0. The monoisotopic (exact) mass is 469 g/mol. The normalized spacial score (nSPS) is 17.1. The highest BCUT2D eigenvalue weighted by Gasteiger charge is 2.18. The largest absolute Gasteiger partial charge is 0.378 e. The summed E-state index contributed by atoms with van der Waals surface area (Å²) >= 11 is 0. The highest BCUT2D eigenvalue weighted by molar-refractivity contribution is 5.76. The minimum Gasteiger partial charge on any atom is -0.378 e. The van der Waals surface area contributed by atoms with Crippen LogP contribution in [0.4, 0.5) is 11.8 Å². The van der Waals surface area contributed by atoms with Gasteiger partial charge < -0.3 is 24.8 Å². The lowest BCUT2D eigenvalue weighted by molar-refractivity contribution is -0.121. The molecule has 2 aliphatic heterocycles. The number of hydrogen-bond donors (Lipinski definition) is 2. The van der Waals surface area contributed by atoms with E-state index in [4.69, 9.17) is 4.74 Å². The molecule has 4 heterocycles. The van der Waals surface area contributed by atoms with Crippen LogP contribution < -0.4 is 20.7 Å². The number of H-pyrrole nitrogens is 1. The molecule has 2 N–H and O–H groups in total. The number of carbonyl (C=O) groups is 1. The number of rotatable bonds is 8. The number of morpholine rings is 1. The molecule has 2 aromatic rings. The number of likely N-dealkylation sites (N-methyl/N-ethyl adjacent to an activating group) is 1. The molecule has 2 aromatic heterocycles. The van der Waals surface area contributed by atoms with Crippen LogP contribution in [0.2, 0.25) is 0 Å². The van der Waals surface area contributed by atoms with Crippen LogP contribution >= 0.6 is 0 Å². The zero-order valence-electron chi connectivity index (χ0n) is 20.2. The fourth-order valence-corrected chi connectivity index (χ4v) is 4.34. The zero-order valence-corrected chi connectivity index (χ0v) is 20.2. The van der Waals surface area contributed by atoms with Crippen LogP contribution in [0.15, 0.2) is 23.1 Å². The molecular weight excluding hydrogens is 434 g/mol. The molecule has 0 atom stereocenters. The molecule has 10 nitrogen and oxygen atoms in total. The van der Waals surface area contributed by atoms with E-state index in [9.17, 15) is 9.59 Å². The molecule has 0 aliphatic carbocycles. The molecular formula is C24H35N7O3. The predicted molar refractivity (Wildman–Crippen MR) is 131 cm³/mol. The van der Waals surface area contributed by atoms with Crippen molar-refractivity contribution in [2.75, 3.05) is 68.8 Å². The lowest BCUT2D eigenvalue weighted by Gasteiger charge is -2.34. The molecule has 1 amide bonds. The van der Waals surface area contributed by atoms with E-state index in [1.807, 2.05) is 30.2 Å². The quantitative estimate of drug-likeness (QED) is 0.582. The molecule has 0 bridgehead atoms. The van der Waals surface area contributed by atoms with Crippen LogP contribution in [-0.4, -0.2) is 84.8 Å². The topological polar surface area (TPSA) is 107 Å². The first-order valence-electron chi connectivity index (χ1n) is 12.1. The van der Waals surface area contributed by atoms with Gasteiger partial charge in [-0.3, -0.25) is 14.6 Å². The third kappa shape index (κ3) is 6.12. The fourth-order valence-electron chi connectivity index (χ4n) is 4.34. The Bertz CT molecular complexity index is 1010. The van der Waals surface area contributed by atoms with Gasteiger partial charge in [0.05, 0.1) is 13.2 Å². The van der Waals surface area contributed by atoms with Crippen LogP contribution in [0, 0.1) is 6.92 Å². The van der Waals surface area contributed by atoms with Crippen LogP contribution in [0.1, 0.15) is 30.2 Å². The molecule has 4 rings (SSSR count). The van der Waals surface area contributed by atoms with Gasteiger partial charge in [-0.1, -0.05) is 13.0 Å². The third-order valence-corrected chi connectivity index (χ3v) is 6.56. The van der Waals surface area contributed by atoms with E-state index in [1.165, 1.54) is 0 Å². The number of pyridine rings is 1. The van der Waals surface area contributed by atoms with Gasteiger partial charge in [0.2, 0.25) is 11.9 Å². The Morgan fingerprint density at radius 3 is 2.53 bits per heavy atom. The first kappa shape index (κ1) is 24.2. The third-order valence-electron chi connectivity index (χ3n) is 6.56. The van der Waals surface area contributed by atoms with Gasteiger partial charge >= 0.3 is 0 Å².